The van der Waals surface area contributed by atoms with Crippen LogP contribution < -0.4 is 0 Å². The molecule has 0 saturated heterocycles. The van der Waals surface area contributed by atoms with Gasteiger partial charge in [-0.15, -0.1) is 0 Å². The molecule has 1 aliphatic carbocycles. The molecule has 14 heavy (non-hydrogen) atoms. The normalized spacial score (nSPS) is 27.8. The molecule has 1 rings (SSSR count). The molecule has 1 heteroatoms. The maximum atomic E-state index is 11.6. The maximum Gasteiger partial charge on any atom is 0.135 e. The third-order valence-corrected chi connectivity index (χ3v) is 3.36. The van der Waals surface area contributed by atoms with Gasteiger partial charge in [-0.05, 0) is 12.8 Å². The number of ketones is 1. The molecule has 0 bridgehead atoms. The quantitative estimate of drug-likeness (QED) is 0.570. The number of rotatable bonds is 0. The van der Waals surface area contributed by atoms with E-state index in [-0.39, 0.29) is 0 Å². The average molecular weight is 196 g/mol. The molecule has 0 amide bonds. The zero-order chi connectivity index (χ0) is 10.2. The van der Waals surface area contributed by atoms with Crippen LogP contribution in [0.1, 0.15) is 71.1 Å². The van der Waals surface area contributed by atoms with E-state index in [1.54, 1.807) is 0 Å². The standard InChI is InChI=1S/C13H24O/c1-12-10-8-6-4-2-3-5-7-9-11-13(12)14/h12H,2-11H2,1H3/t12-/m0/s1. The molecule has 0 N–H and O–H groups in total. The molecule has 1 aliphatic rings. The van der Waals surface area contributed by atoms with Crippen molar-refractivity contribution in [3.63, 3.8) is 0 Å². The fourth-order valence-electron chi connectivity index (χ4n) is 2.22. The minimum atomic E-state index is 0.328. The summed E-state index contributed by atoms with van der Waals surface area (Å²) in [5.74, 6) is 0.833. The van der Waals surface area contributed by atoms with Gasteiger partial charge in [0.1, 0.15) is 5.78 Å². The lowest BCUT2D eigenvalue weighted by Gasteiger charge is -2.11. The minimum Gasteiger partial charge on any atom is -0.299 e. The lowest BCUT2D eigenvalue weighted by Crippen LogP contribution is -2.10. The molecule has 1 atom stereocenters. The molecule has 0 aromatic rings. The fourth-order valence-corrected chi connectivity index (χ4v) is 2.22. The van der Waals surface area contributed by atoms with E-state index in [2.05, 4.69) is 6.92 Å². The molecule has 0 spiro atoms. The summed E-state index contributed by atoms with van der Waals surface area (Å²) in [5, 5.41) is 0. The second kappa shape index (κ2) is 7.03. The Morgan fingerprint density at radius 2 is 1.36 bits per heavy atom. The van der Waals surface area contributed by atoms with E-state index in [1.807, 2.05) is 0 Å². The third-order valence-electron chi connectivity index (χ3n) is 3.36. The van der Waals surface area contributed by atoms with Crippen molar-refractivity contribution in [1.82, 2.24) is 0 Å². The highest BCUT2D eigenvalue weighted by molar-refractivity contribution is 5.80. The second-order valence-electron chi connectivity index (χ2n) is 4.73. The van der Waals surface area contributed by atoms with Crippen LogP contribution in [0.2, 0.25) is 0 Å². The topological polar surface area (TPSA) is 17.1 Å². The van der Waals surface area contributed by atoms with E-state index in [0.29, 0.717) is 11.7 Å². The Balaban J connectivity index is 2.27. The van der Waals surface area contributed by atoms with Gasteiger partial charge in [0.05, 0.1) is 0 Å². The van der Waals surface area contributed by atoms with Crippen LogP contribution in [-0.4, -0.2) is 5.78 Å². The third kappa shape index (κ3) is 4.78. The lowest BCUT2D eigenvalue weighted by molar-refractivity contribution is -0.122. The van der Waals surface area contributed by atoms with Crippen molar-refractivity contribution in [3.8, 4) is 0 Å². The van der Waals surface area contributed by atoms with Gasteiger partial charge in [-0.2, -0.15) is 0 Å². The summed E-state index contributed by atoms with van der Waals surface area (Å²) in [5.41, 5.74) is 0. The summed E-state index contributed by atoms with van der Waals surface area (Å²) in [6.45, 7) is 2.11. The zero-order valence-electron chi connectivity index (χ0n) is 9.56. The van der Waals surface area contributed by atoms with E-state index in [1.165, 1.54) is 44.9 Å². The van der Waals surface area contributed by atoms with Crippen LogP contribution in [0, 0.1) is 5.92 Å². The van der Waals surface area contributed by atoms with Gasteiger partial charge in [0.2, 0.25) is 0 Å². The Kier molecular flexibility index (Phi) is 5.89. The van der Waals surface area contributed by atoms with Gasteiger partial charge in [0.15, 0.2) is 0 Å². The summed E-state index contributed by atoms with van der Waals surface area (Å²) in [6.07, 6.45) is 12.4. The van der Waals surface area contributed by atoms with Crippen molar-refractivity contribution in [2.45, 2.75) is 71.1 Å². The maximum absolute atomic E-state index is 11.6. The number of carbonyl (C=O) groups excluding carboxylic acids is 1. The Labute approximate surface area is 88.3 Å². The van der Waals surface area contributed by atoms with Crippen LogP contribution in [0.25, 0.3) is 0 Å². The van der Waals surface area contributed by atoms with Gasteiger partial charge in [-0.3, -0.25) is 4.79 Å². The first-order valence-corrected chi connectivity index (χ1v) is 6.33. The molecular formula is C13H24O. The smallest absolute Gasteiger partial charge is 0.135 e. The molecule has 0 heterocycles. The summed E-state index contributed by atoms with van der Waals surface area (Å²) in [7, 11) is 0. The highest BCUT2D eigenvalue weighted by atomic mass is 16.1. The molecule has 82 valence electrons. The van der Waals surface area contributed by atoms with E-state index in [9.17, 15) is 4.79 Å². The van der Waals surface area contributed by atoms with Crippen molar-refractivity contribution < 1.29 is 4.79 Å². The van der Waals surface area contributed by atoms with Gasteiger partial charge in [-0.25, -0.2) is 0 Å². The molecular weight excluding hydrogens is 172 g/mol. The van der Waals surface area contributed by atoms with Crippen LogP contribution >= 0.6 is 0 Å². The molecule has 1 nitrogen and oxygen atoms in total. The monoisotopic (exact) mass is 196 g/mol. The number of hydrogen-bond donors (Lipinski definition) is 0. The van der Waals surface area contributed by atoms with Gasteiger partial charge in [0, 0.05) is 12.3 Å². The first-order chi connectivity index (χ1) is 6.80. The Morgan fingerprint density at radius 1 is 0.857 bits per heavy atom. The predicted molar refractivity (Wildman–Crippen MR) is 60.3 cm³/mol. The van der Waals surface area contributed by atoms with Gasteiger partial charge in [0.25, 0.3) is 0 Å². The molecule has 1 saturated carbocycles. The van der Waals surface area contributed by atoms with Crippen LogP contribution in [0.15, 0.2) is 0 Å². The molecule has 0 aromatic heterocycles. The van der Waals surface area contributed by atoms with Crippen LogP contribution in [0.4, 0.5) is 0 Å². The van der Waals surface area contributed by atoms with E-state index in [4.69, 9.17) is 0 Å². The average Bonchev–Trinajstić information content (AvgIpc) is 2.18. The van der Waals surface area contributed by atoms with Crippen LogP contribution in [0.3, 0.4) is 0 Å². The summed E-state index contributed by atoms with van der Waals surface area (Å²) in [4.78, 5) is 11.6. The van der Waals surface area contributed by atoms with Crippen LogP contribution in [-0.2, 0) is 4.79 Å². The van der Waals surface area contributed by atoms with Crippen molar-refractivity contribution >= 4 is 5.78 Å². The summed E-state index contributed by atoms with van der Waals surface area (Å²) < 4.78 is 0. The molecule has 1 fully saturated rings. The fraction of sp³-hybridized carbons (Fsp3) is 0.923. The van der Waals surface area contributed by atoms with Crippen molar-refractivity contribution in [3.05, 3.63) is 0 Å². The van der Waals surface area contributed by atoms with E-state index in [0.717, 1.165) is 19.3 Å². The first-order valence-electron chi connectivity index (χ1n) is 6.33. The number of hydrogen-bond acceptors (Lipinski definition) is 1. The Bertz CT molecular complexity index is 163. The van der Waals surface area contributed by atoms with Gasteiger partial charge >= 0.3 is 0 Å². The summed E-state index contributed by atoms with van der Waals surface area (Å²) in [6, 6.07) is 0. The lowest BCUT2D eigenvalue weighted by atomic mass is 9.93. The second-order valence-corrected chi connectivity index (χ2v) is 4.73. The van der Waals surface area contributed by atoms with Gasteiger partial charge in [-0.1, -0.05) is 51.9 Å². The number of carbonyl (C=O) groups is 1. The Morgan fingerprint density at radius 3 is 2.00 bits per heavy atom. The van der Waals surface area contributed by atoms with Crippen molar-refractivity contribution in [2.24, 2.45) is 5.92 Å². The SMILES string of the molecule is C[C@H]1CCCCCCCCCCC1=O. The van der Waals surface area contributed by atoms with Crippen molar-refractivity contribution in [1.29, 1.82) is 0 Å². The van der Waals surface area contributed by atoms with E-state index < -0.39 is 0 Å². The van der Waals surface area contributed by atoms with Crippen LogP contribution in [0.5, 0.6) is 0 Å². The molecule has 0 unspecified atom stereocenters. The van der Waals surface area contributed by atoms with E-state index >= 15 is 0 Å². The molecule has 0 aromatic carbocycles. The molecule has 0 radical (unpaired) electrons. The zero-order valence-corrected chi connectivity index (χ0v) is 9.56. The predicted octanol–water partition coefficient (Wildman–Crippen LogP) is 4.11. The summed E-state index contributed by atoms with van der Waals surface area (Å²) >= 11 is 0. The van der Waals surface area contributed by atoms with Gasteiger partial charge < -0.3 is 0 Å². The minimum absolute atomic E-state index is 0.328. The Hall–Kier alpha value is -0.330. The largest absolute Gasteiger partial charge is 0.299 e. The highest BCUT2D eigenvalue weighted by Crippen LogP contribution is 2.18. The highest BCUT2D eigenvalue weighted by Gasteiger charge is 2.12. The van der Waals surface area contributed by atoms with Crippen molar-refractivity contribution in [2.75, 3.05) is 0 Å². The first kappa shape index (κ1) is 11.7. The molecule has 0 aliphatic heterocycles. The number of Topliss-reactive ketones (excluding diaryl/α,β-unsaturated/α-hetero) is 1.